The summed E-state index contributed by atoms with van der Waals surface area (Å²) in [5, 5.41) is 0. The first kappa shape index (κ1) is 24.7. The van der Waals surface area contributed by atoms with Crippen LogP contribution in [0, 0.1) is 17.8 Å². The summed E-state index contributed by atoms with van der Waals surface area (Å²) in [6, 6.07) is 12.3. The minimum atomic E-state index is -0.414. The smallest absolute Gasteiger partial charge is 0.308 e. The van der Waals surface area contributed by atoms with E-state index in [0.29, 0.717) is 5.92 Å². The van der Waals surface area contributed by atoms with Crippen LogP contribution in [0.1, 0.15) is 57.3 Å². The number of fused-ring (bicyclic) bond motifs is 3. The SMILES string of the molecule is CC(C)C(=O)O[C@]1(CCN(C)CCCc2nc3ccccc3[nH]2)C[C@@H]2CC[C@H]1C=C2c1cccnc1. The van der Waals surface area contributed by atoms with Crippen LogP contribution in [0.4, 0.5) is 0 Å². The number of aromatic nitrogens is 3. The molecule has 0 spiro atoms. The largest absolute Gasteiger partial charge is 0.458 e. The van der Waals surface area contributed by atoms with E-state index >= 15 is 0 Å². The number of allylic oxidation sites excluding steroid dienone is 1. The maximum absolute atomic E-state index is 12.8. The summed E-state index contributed by atoms with van der Waals surface area (Å²) in [6.07, 6.45) is 12.1. The Labute approximate surface area is 214 Å². The van der Waals surface area contributed by atoms with Gasteiger partial charge in [0.1, 0.15) is 11.4 Å². The zero-order valence-corrected chi connectivity index (χ0v) is 21.7. The fraction of sp³-hybridized carbons (Fsp3) is 0.500. The number of aromatic amines is 1. The molecular formula is C30H38N4O2. The third-order valence-corrected chi connectivity index (χ3v) is 7.99. The quantitative estimate of drug-likeness (QED) is 0.374. The van der Waals surface area contributed by atoms with Gasteiger partial charge in [0.2, 0.25) is 0 Å². The first-order chi connectivity index (χ1) is 17.4. The highest BCUT2D eigenvalue weighted by atomic mass is 16.6. The lowest BCUT2D eigenvalue weighted by Gasteiger charge is -2.50. The van der Waals surface area contributed by atoms with Crippen molar-refractivity contribution in [3.8, 4) is 0 Å². The molecule has 1 N–H and O–H groups in total. The fourth-order valence-electron chi connectivity index (χ4n) is 5.94. The predicted molar refractivity (Wildman–Crippen MR) is 143 cm³/mol. The number of para-hydroxylation sites is 2. The molecule has 3 aliphatic carbocycles. The number of esters is 1. The number of carbonyl (C=O) groups excluding carboxylic acids is 1. The molecule has 0 saturated heterocycles. The van der Waals surface area contributed by atoms with Crippen molar-refractivity contribution in [2.24, 2.45) is 17.8 Å². The van der Waals surface area contributed by atoms with Gasteiger partial charge in [0.25, 0.3) is 0 Å². The Balaban J connectivity index is 1.23. The average Bonchev–Trinajstić information content (AvgIpc) is 3.31. The predicted octanol–water partition coefficient (Wildman–Crippen LogP) is 5.66. The number of carbonyl (C=O) groups is 1. The Bertz CT molecular complexity index is 1180. The van der Waals surface area contributed by atoms with E-state index in [1.807, 2.05) is 50.5 Å². The zero-order valence-electron chi connectivity index (χ0n) is 21.7. The van der Waals surface area contributed by atoms with Gasteiger partial charge in [-0.05, 0) is 74.5 Å². The number of nitrogens with one attached hydrogen (secondary N) is 1. The first-order valence-corrected chi connectivity index (χ1v) is 13.4. The normalized spacial score (nSPS) is 23.4. The number of hydrogen-bond acceptors (Lipinski definition) is 5. The van der Waals surface area contributed by atoms with Crippen LogP contribution < -0.4 is 0 Å². The zero-order chi connectivity index (χ0) is 25.1. The van der Waals surface area contributed by atoms with Crippen molar-refractivity contribution >= 4 is 22.6 Å². The number of rotatable bonds is 10. The molecule has 1 fully saturated rings. The molecule has 3 aliphatic rings. The second-order valence-electron chi connectivity index (χ2n) is 10.9. The van der Waals surface area contributed by atoms with Crippen LogP contribution in [0.15, 0.2) is 54.9 Å². The van der Waals surface area contributed by atoms with E-state index in [1.165, 1.54) is 11.1 Å². The summed E-state index contributed by atoms with van der Waals surface area (Å²) in [5.74, 6) is 1.52. The molecule has 6 heteroatoms. The number of nitrogens with zero attached hydrogens (tertiary/aromatic N) is 3. The van der Waals surface area contributed by atoms with Crippen LogP contribution in [0.3, 0.4) is 0 Å². The van der Waals surface area contributed by atoms with Gasteiger partial charge in [0.05, 0.1) is 17.0 Å². The molecule has 2 aromatic heterocycles. The summed E-state index contributed by atoms with van der Waals surface area (Å²) < 4.78 is 6.38. The van der Waals surface area contributed by atoms with Gasteiger partial charge in [-0.3, -0.25) is 9.78 Å². The molecule has 3 aromatic rings. The number of ether oxygens (including phenoxy) is 1. The molecule has 1 saturated carbocycles. The van der Waals surface area contributed by atoms with Gasteiger partial charge < -0.3 is 14.6 Å². The summed E-state index contributed by atoms with van der Waals surface area (Å²) in [4.78, 5) is 27.7. The molecule has 6 rings (SSSR count). The molecular weight excluding hydrogens is 448 g/mol. The Morgan fingerprint density at radius 3 is 2.78 bits per heavy atom. The third kappa shape index (κ3) is 5.24. The molecule has 190 valence electrons. The van der Waals surface area contributed by atoms with Gasteiger partial charge in [0.15, 0.2) is 0 Å². The van der Waals surface area contributed by atoms with Crippen molar-refractivity contribution in [1.82, 2.24) is 19.9 Å². The number of aryl methyl sites for hydroxylation is 1. The molecule has 0 amide bonds. The number of benzene rings is 1. The number of hydrogen-bond donors (Lipinski definition) is 1. The van der Waals surface area contributed by atoms with Crippen LogP contribution in [0.5, 0.6) is 0 Å². The van der Waals surface area contributed by atoms with Crippen molar-refractivity contribution in [3.63, 3.8) is 0 Å². The van der Waals surface area contributed by atoms with Gasteiger partial charge in [-0.1, -0.05) is 38.1 Å². The topological polar surface area (TPSA) is 71.1 Å². The van der Waals surface area contributed by atoms with E-state index in [4.69, 9.17) is 9.72 Å². The maximum Gasteiger partial charge on any atom is 0.308 e. The van der Waals surface area contributed by atoms with Gasteiger partial charge in [0, 0.05) is 37.7 Å². The van der Waals surface area contributed by atoms with Crippen molar-refractivity contribution < 1.29 is 9.53 Å². The lowest BCUT2D eigenvalue weighted by atomic mass is 9.61. The average molecular weight is 487 g/mol. The first-order valence-electron chi connectivity index (χ1n) is 13.4. The minimum absolute atomic E-state index is 0.0774. The van der Waals surface area contributed by atoms with Crippen molar-refractivity contribution in [3.05, 3.63) is 66.3 Å². The van der Waals surface area contributed by atoms with E-state index in [2.05, 4.69) is 40.1 Å². The summed E-state index contributed by atoms with van der Waals surface area (Å²) >= 11 is 0. The Kier molecular flexibility index (Phi) is 7.24. The monoisotopic (exact) mass is 486 g/mol. The molecule has 0 unspecified atom stereocenters. The minimum Gasteiger partial charge on any atom is -0.458 e. The standard InChI is InChI=1S/C30H38N4O2/c1-21(2)29(35)36-30(19-22-12-13-24(30)18-25(22)23-8-6-15-31-20-23)14-17-34(3)16-7-11-28-32-26-9-4-5-10-27(26)33-28/h4-6,8-10,15,18,20-22,24H,7,11-14,16-17,19H2,1-3H3,(H,32,33)/t22-,24-,30+/m0/s1. The molecule has 6 nitrogen and oxygen atoms in total. The third-order valence-electron chi connectivity index (χ3n) is 7.99. The van der Waals surface area contributed by atoms with Gasteiger partial charge in [-0.15, -0.1) is 0 Å². The summed E-state index contributed by atoms with van der Waals surface area (Å²) in [7, 11) is 2.18. The lowest BCUT2D eigenvalue weighted by Crippen LogP contribution is -2.51. The van der Waals surface area contributed by atoms with Crippen LogP contribution in [0.2, 0.25) is 0 Å². The lowest BCUT2D eigenvalue weighted by molar-refractivity contribution is -0.176. The van der Waals surface area contributed by atoms with Crippen LogP contribution in [0.25, 0.3) is 16.6 Å². The highest BCUT2D eigenvalue weighted by molar-refractivity contribution is 5.75. The van der Waals surface area contributed by atoms with Crippen LogP contribution >= 0.6 is 0 Å². The van der Waals surface area contributed by atoms with E-state index in [1.54, 1.807) is 0 Å². The number of H-pyrrole nitrogens is 1. The Morgan fingerprint density at radius 2 is 2.06 bits per heavy atom. The maximum atomic E-state index is 12.8. The number of imidazole rings is 1. The van der Waals surface area contributed by atoms with E-state index in [9.17, 15) is 4.79 Å². The summed E-state index contributed by atoms with van der Waals surface area (Å²) in [6.45, 7) is 5.75. The molecule has 0 aliphatic heterocycles. The van der Waals surface area contributed by atoms with E-state index < -0.39 is 5.60 Å². The molecule has 1 aromatic carbocycles. The second-order valence-corrected chi connectivity index (χ2v) is 10.9. The summed E-state index contributed by atoms with van der Waals surface area (Å²) in [5.41, 5.74) is 4.30. The van der Waals surface area contributed by atoms with Crippen molar-refractivity contribution in [1.29, 1.82) is 0 Å². The Hall–Kier alpha value is -2.99. The molecule has 2 bridgehead atoms. The molecule has 2 heterocycles. The Morgan fingerprint density at radius 1 is 1.19 bits per heavy atom. The van der Waals surface area contributed by atoms with Gasteiger partial charge in [-0.2, -0.15) is 0 Å². The van der Waals surface area contributed by atoms with E-state index in [-0.39, 0.29) is 17.8 Å². The second kappa shape index (κ2) is 10.6. The highest BCUT2D eigenvalue weighted by Gasteiger charge is 2.50. The molecule has 3 atom stereocenters. The van der Waals surface area contributed by atoms with Crippen LogP contribution in [-0.2, 0) is 16.0 Å². The number of pyridine rings is 1. The molecule has 0 radical (unpaired) electrons. The molecule has 36 heavy (non-hydrogen) atoms. The fourth-order valence-corrected chi connectivity index (χ4v) is 5.94. The van der Waals surface area contributed by atoms with Crippen molar-refractivity contribution in [2.75, 3.05) is 20.1 Å². The van der Waals surface area contributed by atoms with Gasteiger partial charge >= 0.3 is 5.97 Å². The van der Waals surface area contributed by atoms with Gasteiger partial charge in [-0.25, -0.2) is 4.98 Å². The van der Waals surface area contributed by atoms with Crippen LogP contribution in [-0.4, -0.2) is 51.6 Å². The van der Waals surface area contributed by atoms with E-state index in [0.717, 1.165) is 68.5 Å². The highest BCUT2D eigenvalue weighted by Crippen LogP contribution is 2.53. The van der Waals surface area contributed by atoms with Crippen molar-refractivity contribution in [2.45, 2.75) is 58.0 Å².